The van der Waals surface area contributed by atoms with Crippen LogP contribution in [-0.2, 0) is 11.2 Å². The van der Waals surface area contributed by atoms with Crippen LogP contribution in [0, 0.1) is 6.92 Å². The molecule has 6 heteroatoms. The SMILES string of the molecule is COc1ccc(CC(=O)Nc2ccc(Nc3ccc(C)cc3)nn2)cc1. The molecule has 0 saturated carbocycles. The van der Waals surface area contributed by atoms with E-state index in [0.29, 0.717) is 11.6 Å². The number of carbonyl (C=O) groups is 1. The number of methoxy groups -OCH3 is 1. The van der Waals surface area contributed by atoms with Gasteiger partial charge in [-0.25, -0.2) is 0 Å². The van der Waals surface area contributed by atoms with Crippen LogP contribution in [0.15, 0.2) is 60.7 Å². The fraction of sp³-hybridized carbons (Fsp3) is 0.150. The van der Waals surface area contributed by atoms with Gasteiger partial charge in [0.15, 0.2) is 11.6 Å². The van der Waals surface area contributed by atoms with Gasteiger partial charge in [0.1, 0.15) is 5.75 Å². The maximum Gasteiger partial charge on any atom is 0.229 e. The van der Waals surface area contributed by atoms with E-state index in [1.165, 1.54) is 5.56 Å². The molecule has 1 aromatic heterocycles. The van der Waals surface area contributed by atoms with E-state index in [1.54, 1.807) is 19.2 Å². The minimum absolute atomic E-state index is 0.149. The molecule has 26 heavy (non-hydrogen) atoms. The van der Waals surface area contributed by atoms with Crippen molar-refractivity contribution in [1.29, 1.82) is 0 Å². The minimum atomic E-state index is -0.149. The molecule has 0 unspecified atom stereocenters. The lowest BCUT2D eigenvalue weighted by Gasteiger charge is -2.07. The highest BCUT2D eigenvalue weighted by Gasteiger charge is 2.06. The number of hydrogen-bond acceptors (Lipinski definition) is 5. The third-order valence-corrected chi connectivity index (χ3v) is 3.78. The summed E-state index contributed by atoms with van der Waals surface area (Å²) in [5, 5.41) is 14.0. The van der Waals surface area contributed by atoms with E-state index in [1.807, 2.05) is 55.5 Å². The number of nitrogens with zero attached hydrogens (tertiary/aromatic N) is 2. The van der Waals surface area contributed by atoms with Crippen LogP contribution in [0.4, 0.5) is 17.3 Å². The third kappa shape index (κ3) is 4.80. The second-order valence-electron chi connectivity index (χ2n) is 5.87. The summed E-state index contributed by atoms with van der Waals surface area (Å²) in [6.45, 7) is 2.03. The molecule has 132 valence electrons. The zero-order chi connectivity index (χ0) is 18.4. The Kier molecular flexibility index (Phi) is 5.43. The molecule has 6 nitrogen and oxygen atoms in total. The molecule has 1 amide bonds. The molecule has 3 aromatic rings. The number of anilines is 3. The molecule has 0 bridgehead atoms. The molecular formula is C20H20N4O2. The van der Waals surface area contributed by atoms with Crippen molar-refractivity contribution in [3.8, 4) is 5.75 Å². The van der Waals surface area contributed by atoms with Gasteiger partial charge in [-0.2, -0.15) is 0 Å². The minimum Gasteiger partial charge on any atom is -0.497 e. The quantitative estimate of drug-likeness (QED) is 0.710. The van der Waals surface area contributed by atoms with Crippen molar-refractivity contribution in [1.82, 2.24) is 10.2 Å². The summed E-state index contributed by atoms with van der Waals surface area (Å²) in [5.41, 5.74) is 3.02. The summed E-state index contributed by atoms with van der Waals surface area (Å²) >= 11 is 0. The van der Waals surface area contributed by atoms with E-state index >= 15 is 0 Å². The topological polar surface area (TPSA) is 76.1 Å². The van der Waals surface area contributed by atoms with Gasteiger partial charge in [-0.3, -0.25) is 4.79 Å². The predicted molar refractivity (Wildman–Crippen MR) is 102 cm³/mol. The Balaban J connectivity index is 1.56. The van der Waals surface area contributed by atoms with Crippen LogP contribution in [0.25, 0.3) is 0 Å². The summed E-state index contributed by atoms with van der Waals surface area (Å²) in [7, 11) is 1.61. The standard InChI is InChI=1S/C20H20N4O2/c1-14-3-7-16(8-4-14)21-18-11-12-19(24-23-18)22-20(25)13-15-5-9-17(26-2)10-6-15/h3-12H,13H2,1-2H3,(H,21,23)(H,22,24,25). The molecule has 0 aliphatic carbocycles. The first-order valence-corrected chi connectivity index (χ1v) is 8.22. The first-order valence-electron chi connectivity index (χ1n) is 8.22. The van der Waals surface area contributed by atoms with Crippen molar-refractivity contribution in [3.63, 3.8) is 0 Å². The van der Waals surface area contributed by atoms with Crippen molar-refractivity contribution in [2.45, 2.75) is 13.3 Å². The molecule has 2 N–H and O–H groups in total. The zero-order valence-corrected chi connectivity index (χ0v) is 14.7. The molecule has 2 aromatic carbocycles. The predicted octanol–water partition coefficient (Wildman–Crippen LogP) is 3.72. The van der Waals surface area contributed by atoms with Crippen LogP contribution in [-0.4, -0.2) is 23.2 Å². The van der Waals surface area contributed by atoms with Gasteiger partial charge in [-0.15, -0.1) is 10.2 Å². The van der Waals surface area contributed by atoms with Crippen LogP contribution >= 0.6 is 0 Å². The average Bonchev–Trinajstić information content (AvgIpc) is 2.66. The number of rotatable bonds is 6. The van der Waals surface area contributed by atoms with E-state index < -0.39 is 0 Å². The van der Waals surface area contributed by atoms with E-state index in [0.717, 1.165) is 17.0 Å². The number of aromatic nitrogens is 2. The van der Waals surface area contributed by atoms with Crippen molar-refractivity contribution in [3.05, 3.63) is 71.8 Å². The van der Waals surface area contributed by atoms with E-state index in [4.69, 9.17) is 4.74 Å². The third-order valence-electron chi connectivity index (χ3n) is 3.78. The van der Waals surface area contributed by atoms with Gasteiger partial charge in [0.05, 0.1) is 13.5 Å². The van der Waals surface area contributed by atoms with Crippen molar-refractivity contribution in [2.75, 3.05) is 17.7 Å². The smallest absolute Gasteiger partial charge is 0.229 e. The van der Waals surface area contributed by atoms with Crippen LogP contribution in [0.1, 0.15) is 11.1 Å². The zero-order valence-electron chi connectivity index (χ0n) is 14.7. The summed E-state index contributed by atoms with van der Waals surface area (Å²) < 4.78 is 5.10. The van der Waals surface area contributed by atoms with Gasteiger partial charge in [0.2, 0.25) is 5.91 Å². The lowest BCUT2D eigenvalue weighted by molar-refractivity contribution is -0.115. The van der Waals surface area contributed by atoms with Gasteiger partial charge in [-0.05, 0) is 48.9 Å². The van der Waals surface area contributed by atoms with Crippen LogP contribution < -0.4 is 15.4 Å². The van der Waals surface area contributed by atoms with Crippen molar-refractivity contribution in [2.24, 2.45) is 0 Å². The Morgan fingerprint density at radius 3 is 2.19 bits per heavy atom. The van der Waals surface area contributed by atoms with Crippen LogP contribution in [0.5, 0.6) is 5.75 Å². The highest BCUT2D eigenvalue weighted by molar-refractivity contribution is 5.91. The Labute approximate surface area is 152 Å². The molecule has 0 saturated heterocycles. The molecule has 0 aliphatic rings. The number of aryl methyl sites for hydroxylation is 1. The van der Waals surface area contributed by atoms with Gasteiger partial charge < -0.3 is 15.4 Å². The van der Waals surface area contributed by atoms with Crippen LogP contribution in [0.3, 0.4) is 0 Å². The average molecular weight is 348 g/mol. The van der Waals surface area contributed by atoms with Crippen LogP contribution in [0.2, 0.25) is 0 Å². The second kappa shape index (κ2) is 8.11. The molecule has 0 radical (unpaired) electrons. The Bertz CT molecular complexity index is 860. The monoisotopic (exact) mass is 348 g/mol. The summed E-state index contributed by atoms with van der Waals surface area (Å²) in [5.74, 6) is 1.64. The highest BCUT2D eigenvalue weighted by atomic mass is 16.5. The molecule has 1 heterocycles. The number of benzene rings is 2. The Morgan fingerprint density at radius 2 is 1.58 bits per heavy atom. The van der Waals surface area contributed by atoms with Gasteiger partial charge >= 0.3 is 0 Å². The molecule has 0 atom stereocenters. The molecule has 3 rings (SSSR count). The van der Waals surface area contributed by atoms with Crippen molar-refractivity contribution >= 4 is 23.2 Å². The maximum atomic E-state index is 12.1. The number of nitrogens with one attached hydrogen (secondary N) is 2. The van der Waals surface area contributed by atoms with Crippen molar-refractivity contribution < 1.29 is 9.53 Å². The number of hydrogen-bond donors (Lipinski definition) is 2. The lowest BCUT2D eigenvalue weighted by Crippen LogP contribution is -2.15. The Hall–Kier alpha value is -3.41. The number of carbonyl (C=O) groups excluding carboxylic acids is 1. The van der Waals surface area contributed by atoms with E-state index in [2.05, 4.69) is 20.8 Å². The van der Waals surface area contributed by atoms with E-state index in [9.17, 15) is 4.79 Å². The summed E-state index contributed by atoms with van der Waals surface area (Å²) in [6, 6.07) is 18.8. The molecule has 0 fully saturated rings. The first-order chi connectivity index (χ1) is 12.6. The fourth-order valence-corrected chi connectivity index (χ4v) is 2.37. The summed E-state index contributed by atoms with van der Waals surface area (Å²) in [4.78, 5) is 12.1. The highest BCUT2D eigenvalue weighted by Crippen LogP contribution is 2.16. The Morgan fingerprint density at radius 1 is 0.923 bits per heavy atom. The molecule has 0 spiro atoms. The number of ether oxygens (including phenoxy) is 1. The molecule has 0 aliphatic heterocycles. The second-order valence-corrected chi connectivity index (χ2v) is 5.87. The molecular weight excluding hydrogens is 328 g/mol. The lowest BCUT2D eigenvalue weighted by atomic mass is 10.1. The van der Waals surface area contributed by atoms with E-state index in [-0.39, 0.29) is 12.3 Å². The summed E-state index contributed by atoms with van der Waals surface area (Å²) in [6.07, 6.45) is 0.259. The maximum absolute atomic E-state index is 12.1. The van der Waals surface area contributed by atoms with Gasteiger partial charge in [0.25, 0.3) is 0 Å². The largest absolute Gasteiger partial charge is 0.497 e. The van der Waals surface area contributed by atoms with Gasteiger partial charge in [0, 0.05) is 5.69 Å². The fourth-order valence-electron chi connectivity index (χ4n) is 2.37. The normalized spacial score (nSPS) is 10.2. The van der Waals surface area contributed by atoms with Gasteiger partial charge in [-0.1, -0.05) is 29.8 Å². The first kappa shape index (κ1) is 17.4. The number of amides is 1.